The molecule has 0 bridgehead atoms. The van der Waals surface area contributed by atoms with Crippen molar-refractivity contribution < 1.29 is 4.79 Å². The molecule has 0 fully saturated rings. The Kier molecular flexibility index (Phi) is 5.95. The molecule has 3 heterocycles. The molecule has 0 aliphatic carbocycles. The van der Waals surface area contributed by atoms with Crippen molar-refractivity contribution in [1.82, 2.24) is 15.0 Å². The molecule has 1 N–H and O–H groups in total. The minimum absolute atomic E-state index is 0.342. The molecule has 3 aromatic heterocycles. The Balaban J connectivity index is 1.47. The maximum Gasteiger partial charge on any atom is 0.259 e. The minimum Gasteiger partial charge on any atom is -0.298 e. The highest BCUT2D eigenvalue weighted by Crippen LogP contribution is 2.31. The van der Waals surface area contributed by atoms with E-state index in [1.54, 1.807) is 30.5 Å². The van der Waals surface area contributed by atoms with E-state index in [1.165, 1.54) is 11.3 Å². The number of benzene rings is 2. The third-order valence-electron chi connectivity index (χ3n) is 5.73. The molecule has 5 aromatic rings. The van der Waals surface area contributed by atoms with Crippen molar-refractivity contribution in [3.63, 3.8) is 0 Å². The molecule has 0 spiro atoms. The zero-order valence-corrected chi connectivity index (χ0v) is 20.2. The van der Waals surface area contributed by atoms with Gasteiger partial charge in [0.1, 0.15) is 10.3 Å². The van der Waals surface area contributed by atoms with Crippen molar-refractivity contribution in [1.29, 1.82) is 10.5 Å². The second-order valence-corrected chi connectivity index (χ2v) is 9.17. The first-order valence-electron chi connectivity index (χ1n) is 11.0. The predicted molar refractivity (Wildman–Crippen MR) is 139 cm³/mol. The monoisotopic (exact) mass is 486 g/mol. The van der Waals surface area contributed by atoms with Gasteiger partial charge in [-0.1, -0.05) is 29.5 Å². The molecule has 8 heteroatoms. The molecule has 0 aliphatic rings. The third-order valence-corrected chi connectivity index (χ3v) is 6.61. The van der Waals surface area contributed by atoms with Gasteiger partial charge in [-0.25, -0.2) is 9.97 Å². The highest BCUT2D eigenvalue weighted by molar-refractivity contribution is 7.22. The van der Waals surface area contributed by atoms with Crippen molar-refractivity contribution in [2.24, 2.45) is 0 Å². The average molecular weight is 487 g/mol. The second-order valence-electron chi connectivity index (χ2n) is 8.20. The van der Waals surface area contributed by atoms with E-state index in [-0.39, 0.29) is 5.91 Å². The summed E-state index contributed by atoms with van der Waals surface area (Å²) in [4.78, 5) is 27.5. The first-order chi connectivity index (χ1) is 17.4. The lowest BCUT2D eigenvalue weighted by Gasteiger charge is -2.12. The van der Waals surface area contributed by atoms with Gasteiger partial charge in [0.2, 0.25) is 0 Å². The lowest BCUT2D eigenvalue weighted by atomic mass is 9.94. The number of carbonyl (C=O) groups is 1. The van der Waals surface area contributed by atoms with Gasteiger partial charge < -0.3 is 0 Å². The van der Waals surface area contributed by atoms with Crippen molar-refractivity contribution >= 4 is 32.7 Å². The summed E-state index contributed by atoms with van der Waals surface area (Å²) in [6, 6.07) is 22.5. The van der Waals surface area contributed by atoms with Crippen LogP contribution in [-0.2, 0) is 0 Å². The lowest BCUT2D eigenvalue weighted by molar-refractivity contribution is 0.102. The molecule has 0 radical (unpaired) electrons. The van der Waals surface area contributed by atoms with Crippen molar-refractivity contribution in [2.45, 2.75) is 13.8 Å². The Morgan fingerprint density at radius 1 is 0.889 bits per heavy atom. The minimum atomic E-state index is -0.342. The number of thiazole rings is 1. The number of aromatic nitrogens is 3. The number of hydrogen-bond donors (Lipinski definition) is 1. The average Bonchev–Trinajstić information content (AvgIpc) is 3.30. The number of carbonyl (C=O) groups excluding carboxylic acids is 1. The van der Waals surface area contributed by atoms with Gasteiger partial charge in [0.15, 0.2) is 5.13 Å². The summed E-state index contributed by atoms with van der Waals surface area (Å²) in [6.07, 6.45) is 1.55. The molecule has 0 atom stereocenters. The molecule has 0 saturated carbocycles. The summed E-state index contributed by atoms with van der Waals surface area (Å²) in [5.41, 5.74) is 7.05. The fourth-order valence-corrected chi connectivity index (χ4v) is 4.69. The van der Waals surface area contributed by atoms with Gasteiger partial charge in [-0.15, -0.1) is 0 Å². The standard InChI is InChI=1S/C28H18N6OS/c1-16-3-4-19(14-30)12-21(16)22-11-17(2)31-15-23(22)26(35)34-28-33-25-10-9-24(32-27(25)36-28)20-7-5-18(13-29)6-8-20/h3-12,15H,1-2H3,(H,33,34,35). The molecule has 0 unspecified atom stereocenters. The number of rotatable bonds is 4. The Morgan fingerprint density at radius 3 is 2.39 bits per heavy atom. The van der Waals surface area contributed by atoms with E-state index in [2.05, 4.69) is 32.4 Å². The van der Waals surface area contributed by atoms with E-state index >= 15 is 0 Å². The highest BCUT2D eigenvalue weighted by atomic mass is 32.1. The summed E-state index contributed by atoms with van der Waals surface area (Å²) in [5.74, 6) is -0.342. The van der Waals surface area contributed by atoms with Crippen molar-refractivity contribution in [2.75, 3.05) is 5.32 Å². The van der Waals surface area contributed by atoms with E-state index in [0.29, 0.717) is 37.7 Å². The van der Waals surface area contributed by atoms with Gasteiger partial charge in [0.25, 0.3) is 5.91 Å². The van der Waals surface area contributed by atoms with Crippen LogP contribution in [0.3, 0.4) is 0 Å². The third kappa shape index (κ3) is 4.41. The van der Waals surface area contributed by atoms with Gasteiger partial charge in [-0.05, 0) is 73.0 Å². The zero-order chi connectivity index (χ0) is 25.2. The molecule has 0 saturated heterocycles. The number of aryl methyl sites for hydroxylation is 2. The molecule has 7 nitrogen and oxygen atoms in total. The summed E-state index contributed by atoms with van der Waals surface area (Å²) in [6.45, 7) is 3.80. The first-order valence-corrected chi connectivity index (χ1v) is 11.8. The van der Waals surface area contributed by atoms with Crippen LogP contribution >= 0.6 is 11.3 Å². The molecule has 172 valence electrons. The number of anilines is 1. The van der Waals surface area contributed by atoms with Crippen LogP contribution in [0, 0.1) is 36.5 Å². The maximum absolute atomic E-state index is 13.3. The van der Waals surface area contributed by atoms with Gasteiger partial charge in [0, 0.05) is 17.5 Å². The summed E-state index contributed by atoms with van der Waals surface area (Å²) < 4.78 is 0. The molecule has 2 aromatic carbocycles. The topological polar surface area (TPSA) is 115 Å². The number of fused-ring (bicyclic) bond motifs is 1. The molecular formula is C28H18N6OS. The number of amides is 1. The van der Waals surface area contributed by atoms with Gasteiger partial charge >= 0.3 is 0 Å². The second kappa shape index (κ2) is 9.38. The van der Waals surface area contributed by atoms with Gasteiger partial charge in [-0.2, -0.15) is 10.5 Å². The normalized spacial score (nSPS) is 10.6. The van der Waals surface area contributed by atoms with Gasteiger partial charge in [-0.3, -0.25) is 15.1 Å². The number of nitrogens with one attached hydrogen (secondary N) is 1. The fourth-order valence-electron chi connectivity index (χ4n) is 3.86. The van der Waals surface area contributed by atoms with Crippen LogP contribution in [-0.4, -0.2) is 20.9 Å². The molecule has 1 amide bonds. The Bertz CT molecular complexity index is 1720. The van der Waals surface area contributed by atoms with Crippen LogP contribution in [0.1, 0.15) is 32.7 Å². The van der Waals surface area contributed by atoms with Crippen LogP contribution < -0.4 is 5.32 Å². The van der Waals surface area contributed by atoms with E-state index in [4.69, 9.17) is 5.26 Å². The van der Waals surface area contributed by atoms with Crippen LogP contribution in [0.2, 0.25) is 0 Å². The maximum atomic E-state index is 13.3. The molecular weight excluding hydrogens is 468 g/mol. The highest BCUT2D eigenvalue weighted by Gasteiger charge is 2.18. The summed E-state index contributed by atoms with van der Waals surface area (Å²) >= 11 is 1.28. The SMILES string of the molecule is Cc1cc(-c2cc(C#N)ccc2C)c(C(=O)Nc2nc3ccc(-c4ccc(C#N)cc4)nc3s2)cn1. The van der Waals surface area contributed by atoms with Crippen molar-refractivity contribution in [3.05, 3.63) is 94.8 Å². The van der Waals surface area contributed by atoms with Crippen LogP contribution in [0.5, 0.6) is 0 Å². The molecule has 36 heavy (non-hydrogen) atoms. The van der Waals surface area contributed by atoms with E-state index in [0.717, 1.165) is 28.1 Å². The van der Waals surface area contributed by atoms with Crippen LogP contribution in [0.25, 0.3) is 32.7 Å². The number of pyridine rings is 2. The summed E-state index contributed by atoms with van der Waals surface area (Å²) in [5, 5.41) is 21.7. The predicted octanol–water partition coefficient (Wildman–Crippen LogP) is 6.03. The number of nitriles is 2. The zero-order valence-electron chi connectivity index (χ0n) is 19.4. The van der Waals surface area contributed by atoms with E-state index in [9.17, 15) is 10.1 Å². The largest absolute Gasteiger partial charge is 0.298 e. The fraction of sp³-hybridized carbons (Fsp3) is 0.0714. The van der Waals surface area contributed by atoms with E-state index < -0.39 is 0 Å². The van der Waals surface area contributed by atoms with Crippen LogP contribution in [0.15, 0.2) is 66.9 Å². The van der Waals surface area contributed by atoms with E-state index in [1.807, 2.05) is 50.2 Å². The number of nitrogens with zero attached hydrogens (tertiary/aromatic N) is 5. The first kappa shape index (κ1) is 22.9. The van der Waals surface area contributed by atoms with Crippen LogP contribution in [0.4, 0.5) is 5.13 Å². The summed E-state index contributed by atoms with van der Waals surface area (Å²) in [7, 11) is 0. The molecule has 5 rings (SSSR count). The number of hydrogen-bond acceptors (Lipinski definition) is 7. The Labute approximate surface area is 211 Å². The Morgan fingerprint density at radius 2 is 1.64 bits per heavy atom. The molecule has 0 aliphatic heterocycles. The lowest BCUT2D eigenvalue weighted by Crippen LogP contribution is -2.14. The smallest absolute Gasteiger partial charge is 0.259 e. The quantitative estimate of drug-likeness (QED) is 0.331. The Hall–Kier alpha value is -4.92. The van der Waals surface area contributed by atoms with Gasteiger partial charge in [0.05, 0.1) is 34.5 Å². The van der Waals surface area contributed by atoms with Crippen molar-refractivity contribution in [3.8, 4) is 34.5 Å².